The minimum Gasteiger partial charge on any atom is -0.449 e. The molecule has 0 spiro atoms. The SMILES string of the molecule is C=NN1/C=C(/C=C/CN(CC)C(=O)OCC(C)(C)CC)CC(C)=C=C/C1=N/CC(F)F. The van der Waals surface area contributed by atoms with Gasteiger partial charge in [-0.3, -0.25) is 4.99 Å². The number of allylic oxidation sites excluding steroid dienone is 2. The van der Waals surface area contributed by atoms with E-state index in [1.165, 1.54) is 11.1 Å². The van der Waals surface area contributed by atoms with Crippen molar-refractivity contribution in [3.05, 3.63) is 41.3 Å². The lowest BCUT2D eigenvalue weighted by Crippen LogP contribution is -2.34. The monoisotopic (exact) mass is 436 g/mol. The minimum atomic E-state index is -2.55. The van der Waals surface area contributed by atoms with Crippen LogP contribution < -0.4 is 0 Å². The first kappa shape index (κ1) is 26.3. The Labute approximate surface area is 184 Å². The van der Waals surface area contributed by atoms with Gasteiger partial charge in [0.1, 0.15) is 6.54 Å². The number of hydrogen-bond acceptors (Lipinski definition) is 4. The smallest absolute Gasteiger partial charge is 0.410 e. The Balaban J connectivity index is 2.91. The molecule has 1 heterocycles. The maximum absolute atomic E-state index is 12.6. The third-order valence-electron chi connectivity index (χ3n) is 4.82. The largest absolute Gasteiger partial charge is 0.449 e. The molecule has 0 aromatic rings. The molecule has 0 N–H and O–H groups in total. The van der Waals surface area contributed by atoms with Crippen molar-refractivity contribution < 1.29 is 18.3 Å². The summed E-state index contributed by atoms with van der Waals surface area (Å²) in [5, 5.41) is 5.21. The number of carbonyl (C=O) groups is 1. The summed E-state index contributed by atoms with van der Waals surface area (Å²) in [4.78, 5) is 17.9. The number of halogens is 2. The van der Waals surface area contributed by atoms with Gasteiger partial charge in [0.15, 0.2) is 5.84 Å². The molecular formula is C23H34F2N4O2. The van der Waals surface area contributed by atoms with Gasteiger partial charge in [-0.25, -0.2) is 18.6 Å². The van der Waals surface area contributed by atoms with E-state index in [4.69, 9.17) is 4.74 Å². The second kappa shape index (κ2) is 12.8. The van der Waals surface area contributed by atoms with E-state index in [0.29, 0.717) is 26.1 Å². The third kappa shape index (κ3) is 9.75. The summed E-state index contributed by atoms with van der Waals surface area (Å²) in [6, 6.07) is 0. The van der Waals surface area contributed by atoms with Crippen LogP contribution in [0.5, 0.6) is 0 Å². The zero-order valence-corrected chi connectivity index (χ0v) is 19.2. The number of ether oxygens (including phenoxy) is 1. The lowest BCUT2D eigenvalue weighted by Gasteiger charge is -2.25. The topological polar surface area (TPSA) is 57.5 Å². The van der Waals surface area contributed by atoms with E-state index in [2.05, 4.69) is 43.3 Å². The van der Waals surface area contributed by atoms with Crippen molar-refractivity contribution in [1.82, 2.24) is 9.91 Å². The zero-order valence-electron chi connectivity index (χ0n) is 19.2. The highest BCUT2D eigenvalue weighted by molar-refractivity contribution is 5.93. The van der Waals surface area contributed by atoms with Gasteiger partial charge in [0.05, 0.1) is 6.61 Å². The average molecular weight is 437 g/mol. The highest BCUT2D eigenvalue weighted by Crippen LogP contribution is 2.20. The van der Waals surface area contributed by atoms with Gasteiger partial charge in [0.25, 0.3) is 6.43 Å². The predicted octanol–water partition coefficient (Wildman–Crippen LogP) is 5.41. The predicted molar refractivity (Wildman–Crippen MR) is 121 cm³/mol. The number of amidine groups is 1. The second-order valence-corrected chi connectivity index (χ2v) is 8.04. The van der Waals surface area contributed by atoms with Crippen molar-refractivity contribution in [1.29, 1.82) is 0 Å². The van der Waals surface area contributed by atoms with Crippen molar-refractivity contribution in [3.63, 3.8) is 0 Å². The highest BCUT2D eigenvalue weighted by Gasteiger charge is 2.20. The third-order valence-corrected chi connectivity index (χ3v) is 4.82. The molecule has 0 aromatic heterocycles. The normalized spacial score (nSPS) is 17.9. The molecule has 1 amide bonds. The molecule has 1 aliphatic rings. The van der Waals surface area contributed by atoms with Gasteiger partial charge in [-0.2, -0.15) is 5.10 Å². The van der Waals surface area contributed by atoms with Gasteiger partial charge >= 0.3 is 6.09 Å². The lowest BCUT2D eigenvalue weighted by molar-refractivity contribution is 0.0695. The Kier molecular flexibility index (Phi) is 10.9. The number of amides is 1. The van der Waals surface area contributed by atoms with Gasteiger partial charge in [0, 0.05) is 38.5 Å². The number of hydrazone groups is 1. The molecule has 0 atom stereocenters. The minimum absolute atomic E-state index is 0.0588. The zero-order chi connectivity index (χ0) is 23.4. The van der Waals surface area contributed by atoms with Crippen LogP contribution in [0, 0.1) is 5.41 Å². The van der Waals surface area contributed by atoms with Gasteiger partial charge in [0.2, 0.25) is 0 Å². The molecule has 0 saturated heterocycles. The summed E-state index contributed by atoms with van der Waals surface area (Å²) in [7, 11) is 0. The maximum atomic E-state index is 12.6. The maximum Gasteiger partial charge on any atom is 0.410 e. The number of aliphatic imine (C=N–C) groups is 1. The summed E-state index contributed by atoms with van der Waals surface area (Å²) < 4.78 is 30.6. The van der Waals surface area contributed by atoms with Crippen LogP contribution in [0.15, 0.2) is 51.4 Å². The van der Waals surface area contributed by atoms with Gasteiger partial charge < -0.3 is 9.64 Å². The van der Waals surface area contributed by atoms with E-state index < -0.39 is 13.0 Å². The Morgan fingerprint density at radius 2 is 2.16 bits per heavy atom. The van der Waals surface area contributed by atoms with E-state index in [9.17, 15) is 13.6 Å². The first-order valence-electron chi connectivity index (χ1n) is 10.4. The number of hydrogen-bond donors (Lipinski definition) is 0. The standard InChI is InChI=1S/C23H34F2N4O2/c1-7-23(4,5)17-31-22(30)28(8-2)13-9-10-19-14-18(3)11-12-21(27-15-20(24)25)29(16-19)26-6/h9-10,12,16,20H,6-8,13-15,17H2,1-5H3/b10-9+,19-16-,27-21-. The van der Waals surface area contributed by atoms with Crippen LogP contribution in [0.25, 0.3) is 0 Å². The summed E-state index contributed by atoms with van der Waals surface area (Å²) in [6.45, 7) is 14.1. The lowest BCUT2D eigenvalue weighted by atomic mass is 9.92. The number of nitrogens with zero attached hydrogens (tertiary/aromatic N) is 4. The van der Waals surface area contributed by atoms with E-state index >= 15 is 0 Å². The van der Waals surface area contributed by atoms with Crippen LogP contribution >= 0.6 is 0 Å². The van der Waals surface area contributed by atoms with Gasteiger partial charge in [-0.15, -0.1) is 5.73 Å². The van der Waals surface area contributed by atoms with Crippen LogP contribution in [0.1, 0.15) is 47.5 Å². The summed E-state index contributed by atoms with van der Waals surface area (Å²) in [5.74, 6) is 0.234. The fraction of sp³-hybridized carbons (Fsp3) is 0.565. The Hall–Kier alpha value is -2.73. The molecule has 0 radical (unpaired) electrons. The van der Waals surface area contributed by atoms with Gasteiger partial charge in [-0.05, 0) is 36.8 Å². The van der Waals surface area contributed by atoms with Gasteiger partial charge in [-0.1, -0.05) is 32.9 Å². The molecule has 0 bridgehead atoms. The molecule has 0 aromatic carbocycles. The first-order valence-corrected chi connectivity index (χ1v) is 10.4. The van der Waals surface area contributed by atoms with Crippen LogP contribution in [0.3, 0.4) is 0 Å². The van der Waals surface area contributed by atoms with Crippen molar-refractivity contribution in [2.45, 2.75) is 53.9 Å². The molecule has 0 aliphatic carbocycles. The number of carbonyl (C=O) groups excluding carboxylic acids is 1. The molecule has 1 aliphatic heterocycles. The van der Waals surface area contributed by atoms with Crippen molar-refractivity contribution >= 4 is 18.6 Å². The molecule has 0 fully saturated rings. The second-order valence-electron chi connectivity index (χ2n) is 8.04. The first-order chi connectivity index (χ1) is 14.6. The molecule has 8 heteroatoms. The van der Waals surface area contributed by atoms with Crippen LogP contribution in [0.2, 0.25) is 0 Å². The van der Waals surface area contributed by atoms with Crippen molar-refractivity contribution in [2.24, 2.45) is 15.5 Å². The average Bonchev–Trinajstić information content (AvgIpc) is 2.72. The quantitative estimate of drug-likeness (QED) is 0.340. The highest BCUT2D eigenvalue weighted by atomic mass is 19.3. The Bertz CT molecular complexity index is 778. The molecule has 1 rings (SSSR count). The van der Waals surface area contributed by atoms with E-state index in [0.717, 1.165) is 17.6 Å². The molecule has 0 saturated carbocycles. The summed E-state index contributed by atoms with van der Waals surface area (Å²) in [5.41, 5.74) is 4.75. The number of likely N-dealkylation sites (N-methyl/N-ethyl adjacent to an activating group) is 1. The van der Waals surface area contributed by atoms with E-state index in [-0.39, 0.29) is 17.3 Å². The fourth-order valence-corrected chi connectivity index (χ4v) is 2.49. The van der Waals surface area contributed by atoms with Crippen molar-refractivity contribution in [2.75, 3.05) is 26.2 Å². The number of alkyl halides is 2. The van der Waals surface area contributed by atoms with E-state index in [1.54, 1.807) is 11.1 Å². The summed E-state index contributed by atoms with van der Waals surface area (Å²) >= 11 is 0. The van der Waals surface area contributed by atoms with E-state index in [1.807, 2.05) is 26.0 Å². The molecule has 6 nitrogen and oxygen atoms in total. The van der Waals surface area contributed by atoms with Crippen LogP contribution in [-0.2, 0) is 4.74 Å². The Morgan fingerprint density at radius 3 is 2.74 bits per heavy atom. The van der Waals surface area contributed by atoms with Crippen LogP contribution in [-0.4, -0.2) is 61.2 Å². The van der Waals surface area contributed by atoms with Crippen molar-refractivity contribution in [3.8, 4) is 0 Å². The fourth-order valence-electron chi connectivity index (χ4n) is 2.49. The molecule has 0 unspecified atom stereocenters. The summed E-state index contributed by atoms with van der Waals surface area (Å²) in [6.07, 6.45) is 5.54. The number of rotatable bonds is 10. The molecule has 31 heavy (non-hydrogen) atoms. The molecule has 172 valence electrons. The molecular weight excluding hydrogens is 402 g/mol. The van der Waals surface area contributed by atoms with Crippen LogP contribution in [0.4, 0.5) is 13.6 Å². The Morgan fingerprint density at radius 1 is 1.45 bits per heavy atom.